The van der Waals surface area contributed by atoms with E-state index in [0.717, 1.165) is 5.56 Å². The number of rotatable bonds is 9. The minimum atomic E-state index is -0.738. The van der Waals surface area contributed by atoms with Gasteiger partial charge in [0.2, 0.25) is 5.91 Å². The van der Waals surface area contributed by atoms with E-state index in [2.05, 4.69) is 5.32 Å². The lowest BCUT2D eigenvalue weighted by molar-refractivity contribution is -0.384. The molecule has 0 aromatic heterocycles. The van der Waals surface area contributed by atoms with Gasteiger partial charge in [-0.2, -0.15) is 0 Å². The van der Waals surface area contributed by atoms with E-state index in [1.165, 1.54) is 48.0 Å². The molecule has 1 saturated heterocycles. The molecule has 2 atom stereocenters. The maximum Gasteiger partial charge on any atom is 0.355 e. The van der Waals surface area contributed by atoms with Crippen molar-refractivity contribution in [3.05, 3.63) is 87.1 Å². The van der Waals surface area contributed by atoms with Crippen LogP contribution in [0.4, 0.5) is 5.69 Å². The molecule has 4 rings (SSSR count). The van der Waals surface area contributed by atoms with E-state index in [4.69, 9.17) is 9.47 Å². The molecule has 2 aliphatic rings. The van der Waals surface area contributed by atoms with Crippen molar-refractivity contribution in [2.75, 3.05) is 19.5 Å². The maximum atomic E-state index is 13.0. The molecule has 2 aromatic carbocycles. The highest BCUT2D eigenvalue weighted by molar-refractivity contribution is 8.00. The highest BCUT2D eigenvalue weighted by atomic mass is 32.2. The van der Waals surface area contributed by atoms with Crippen LogP contribution in [0.25, 0.3) is 0 Å². The minimum Gasteiger partial charge on any atom is -0.456 e. The Balaban J connectivity index is 1.43. The van der Waals surface area contributed by atoms with Gasteiger partial charge in [0.15, 0.2) is 0 Å². The van der Waals surface area contributed by atoms with E-state index < -0.39 is 22.3 Å². The highest BCUT2D eigenvalue weighted by Crippen LogP contribution is 2.40. The van der Waals surface area contributed by atoms with E-state index in [0.29, 0.717) is 16.9 Å². The van der Waals surface area contributed by atoms with Crippen LogP contribution in [-0.2, 0) is 36.9 Å². The number of methoxy groups -OCH3 is 1. The standard InChI is InChI=1S/C24H23N3O7S/c1-33-13-17-14-35-23-20(25-19(28)11-15-5-3-2-4-6-15)22(29)26(23)21(17)24(30)34-12-16-7-9-18(10-8-16)27(31)32/h2-10,20,23H,11-14H2,1H3,(H,25,28)/t20?,23-/m0/s1. The number of amides is 2. The van der Waals surface area contributed by atoms with Crippen LogP contribution in [0.5, 0.6) is 0 Å². The number of esters is 1. The number of nitrogens with one attached hydrogen (secondary N) is 1. The van der Waals surface area contributed by atoms with Gasteiger partial charge in [-0.15, -0.1) is 11.8 Å². The van der Waals surface area contributed by atoms with Crippen molar-refractivity contribution < 1.29 is 28.8 Å². The Morgan fingerprint density at radius 1 is 1.11 bits per heavy atom. The van der Waals surface area contributed by atoms with Gasteiger partial charge in [-0.3, -0.25) is 24.6 Å². The smallest absolute Gasteiger partial charge is 0.355 e. The summed E-state index contributed by atoms with van der Waals surface area (Å²) in [7, 11) is 1.49. The van der Waals surface area contributed by atoms with Gasteiger partial charge in [0.05, 0.1) is 18.0 Å². The van der Waals surface area contributed by atoms with Crippen molar-refractivity contribution in [1.82, 2.24) is 10.2 Å². The number of carbonyl (C=O) groups excluding carboxylic acids is 3. The SMILES string of the molecule is COCC1=C(C(=O)OCc2ccc([N+](=O)[O-])cc2)N2C(=O)C(NC(=O)Cc3ccccc3)[C@@H]2SC1. The van der Waals surface area contributed by atoms with Crippen molar-refractivity contribution in [3.63, 3.8) is 0 Å². The maximum absolute atomic E-state index is 13.0. The Morgan fingerprint density at radius 3 is 2.49 bits per heavy atom. The minimum absolute atomic E-state index is 0.0659. The van der Waals surface area contributed by atoms with Crippen LogP contribution in [-0.4, -0.2) is 58.5 Å². The number of thioether (sulfide) groups is 1. The third-order valence-corrected chi connectivity index (χ3v) is 6.94. The molecule has 1 N–H and O–H groups in total. The third-order valence-electron chi connectivity index (χ3n) is 5.60. The first kappa shape index (κ1) is 24.4. The zero-order chi connectivity index (χ0) is 24.9. The first-order valence-corrected chi connectivity index (χ1v) is 11.8. The summed E-state index contributed by atoms with van der Waals surface area (Å²) in [5, 5.41) is 13.2. The van der Waals surface area contributed by atoms with E-state index in [1.54, 1.807) is 0 Å². The monoisotopic (exact) mass is 497 g/mol. The van der Waals surface area contributed by atoms with Crippen molar-refractivity contribution in [2.24, 2.45) is 0 Å². The third kappa shape index (κ3) is 5.36. The summed E-state index contributed by atoms with van der Waals surface area (Å²) in [5.74, 6) is -0.915. The molecule has 10 nitrogen and oxygen atoms in total. The molecular formula is C24H23N3O7S. The number of fused-ring (bicyclic) bond motifs is 1. The fourth-order valence-electron chi connectivity index (χ4n) is 3.89. The summed E-state index contributed by atoms with van der Waals surface area (Å²) < 4.78 is 10.6. The lowest BCUT2D eigenvalue weighted by atomic mass is 10.0. The number of hydrogen-bond donors (Lipinski definition) is 1. The van der Waals surface area contributed by atoms with Crippen LogP contribution < -0.4 is 5.32 Å². The van der Waals surface area contributed by atoms with Gasteiger partial charge in [-0.1, -0.05) is 30.3 Å². The summed E-state index contributed by atoms with van der Waals surface area (Å²) >= 11 is 1.44. The number of ether oxygens (including phenoxy) is 2. The Hall–Kier alpha value is -3.70. The molecule has 2 aliphatic heterocycles. The van der Waals surface area contributed by atoms with Crippen LogP contribution in [0.3, 0.4) is 0 Å². The zero-order valence-electron chi connectivity index (χ0n) is 18.8. The summed E-state index contributed by atoms with van der Waals surface area (Å²) in [6, 6.07) is 14.1. The summed E-state index contributed by atoms with van der Waals surface area (Å²) in [4.78, 5) is 50.1. The van der Waals surface area contributed by atoms with Gasteiger partial charge in [-0.25, -0.2) is 4.79 Å². The lowest BCUT2D eigenvalue weighted by Crippen LogP contribution is -2.70. The Labute approximate surface area is 205 Å². The number of carbonyl (C=O) groups is 3. The molecule has 2 amide bonds. The molecule has 0 bridgehead atoms. The molecule has 2 aromatic rings. The van der Waals surface area contributed by atoms with Crippen molar-refractivity contribution in [3.8, 4) is 0 Å². The van der Waals surface area contributed by atoms with Crippen molar-refractivity contribution in [1.29, 1.82) is 0 Å². The molecule has 0 saturated carbocycles. The number of hydrogen-bond acceptors (Lipinski definition) is 8. The largest absolute Gasteiger partial charge is 0.456 e. The van der Waals surface area contributed by atoms with Crippen LogP contribution in [0, 0.1) is 10.1 Å². The quantitative estimate of drug-likeness (QED) is 0.242. The molecule has 1 unspecified atom stereocenters. The van der Waals surface area contributed by atoms with Crippen LogP contribution in [0.2, 0.25) is 0 Å². The summed E-state index contributed by atoms with van der Waals surface area (Å²) in [6.07, 6.45) is 0.150. The second kappa shape index (κ2) is 10.7. The van der Waals surface area contributed by atoms with Crippen molar-refractivity contribution >= 4 is 35.2 Å². The number of non-ortho nitro benzene ring substituents is 1. The van der Waals surface area contributed by atoms with Gasteiger partial charge in [0.25, 0.3) is 11.6 Å². The van der Waals surface area contributed by atoms with E-state index in [9.17, 15) is 24.5 Å². The average molecular weight is 498 g/mol. The van der Waals surface area contributed by atoms with Crippen molar-refractivity contribution in [2.45, 2.75) is 24.4 Å². The average Bonchev–Trinajstić information content (AvgIpc) is 2.86. The van der Waals surface area contributed by atoms with E-state index in [1.807, 2.05) is 30.3 Å². The second-order valence-electron chi connectivity index (χ2n) is 8.00. The predicted molar refractivity (Wildman–Crippen MR) is 127 cm³/mol. The molecule has 2 heterocycles. The number of benzene rings is 2. The molecule has 0 aliphatic carbocycles. The van der Waals surface area contributed by atoms with Crippen LogP contribution in [0.1, 0.15) is 11.1 Å². The fourth-order valence-corrected chi connectivity index (χ4v) is 5.22. The zero-order valence-corrected chi connectivity index (χ0v) is 19.7. The summed E-state index contributed by atoms with van der Waals surface area (Å²) in [5.41, 5.74) is 2.08. The number of nitro groups is 1. The Morgan fingerprint density at radius 2 is 1.83 bits per heavy atom. The van der Waals surface area contributed by atoms with Gasteiger partial charge in [-0.05, 0) is 28.8 Å². The predicted octanol–water partition coefficient (Wildman–Crippen LogP) is 2.18. The number of nitrogens with zero attached hydrogens (tertiary/aromatic N) is 2. The lowest BCUT2D eigenvalue weighted by Gasteiger charge is -2.49. The molecule has 182 valence electrons. The van der Waals surface area contributed by atoms with Gasteiger partial charge in [0.1, 0.15) is 23.7 Å². The topological polar surface area (TPSA) is 128 Å². The fraction of sp³-hybridized carbons (Fsp3) is 0.292. The van der Waals surface area contributed by atoms with E-state index >= 15 is 0 Å². The normalized spacial score (nSPS) is 19.0. The molecule has 0 radical (unpaired) electrons. The Bertz CT molecular complexity index is 1170. The Kier molecular flexibility index (Phi) is 7.47. The second-order valence-corrected chi connectivity index (χ2v) is 9.11. The van der Waals surface area contributed by atoms with Crippen LogP contribution >= 0.6 is 11.8 Å². The first-order valence-electron chi connectivity index (χ1n) is 10.8. The highest BCUT2D eigenvalue weighted by Gasteiger charge is 2.54. The van der Waals surface area contributed by atoms with Gasteiger partial charge in [0, 0.05) is 25.0 Å². The van der Waals surface area contributed by atoms with E-state index in [-0.39, 0.29) is 42.8 Å². The molecular weight excluding hydrogens is 474 g/mol. The van der Waals surface area contributed by atoms with Gasteiger partial charge >= 0.3 is 5.97 Å². The van der Waals surface area contributed by atoms with Crippen LogP contribution in [0.15, 0.2) is 65.9 Å². The molecule has 11 heteroatoms. The summed E-state index contributed by atoms with van der Waals surface area (Å²) in [6.45, 7) is 0.0359. The first-order chi connectivity index (χ1) is 16.9. The molecule has 35 heavy (non-hydrogen) atoms. The molecule has 0 spiro atoms. The number of β-lactam (4-membered cyclic amide) rings is 1. The number of nitro benzene ring substituents is 1. The molecule has 1 fully saturated rings. The van der Waals surface area contributed by atoms with Gasteiger partial charge < -0.3 is 14.8 Å².